The van der Waals surface area contributed by atoms with Crippen LogP contribution in [0, 0.1) is 11.8 Å². The third kappa shape index (κ3) is 1.99. The highest BCUT2D eigenvalue weighted by Crippen LogP contribution is 2.31. The van der Waals surface area contributed by atoms with Crippen LogP contribution < -0.4 is 0 Å². The van der Waals surface area contributed by atoms with Crippen LogP contribution in [0.25, 0.3) is 0 Å². The van der Waals surface area contributed by atoms with Crippen LogP contribution in [0.2, 0.25) is 0 Å². The van der Waals surface area contributed by atoms with Gasteiger partial charge in [-0.3, -0.25) is 0 Å². The van der Waals surface area contributed by atoms with Gasteiger partial charge in [0.25, 0.3) is 0 Å². The van der Waals surface area contributed by atoms with Gasteiger partial charge in [0.05, 0.1) is 6.10 Å². The number of aliphatic hydroxyl groups is 1. The van der Waals surface area contributed by atoms with Crippen molar-refractivity contribution in [2.75, 3.05) is 19.6 Å². The highest BCUT2D eigenvalue weighted by Gasteiger charge is 2.29. The molecule has 12 heavy (non-hydrogen) atoms. The van der Waals surface area contributed by atoms with Gasteiger partial charge in [0.1, 0.15) is 0 Å². The molecule has 1 N–H and O–H groups in total. The van der Waals surface area contributed by atoms with E-state index in [0.29, 0.717) is 5.92 Å². The SMILES string of the molecule is C[C@@H]1CN(CC2CC2)CC[C@H]1O. The Labute approximate surface area is 74.6 Å². The number of hydrogen-bond donors (Lipinski definition) is 1. The maximum Gasteiger partial charge on any atom is 0.0590 e. The van der Waals surface area contributed by atoms with E-state index in [2.05, 4.69) is 11.8 Å². The lowest BCUT2D eigenvalue weighted by molar-refractivity contribution is 0.0334. The Balaban J connectivity index is 1.76. The summed E-state index contributed by atoms with van der Waals surface area (Å²) in [5.41, 5.74) is 0. The van der Waals surface area contributed by atoms with Gasteiger partial charge in [-0.15, -0.1) is 0 Å². The Kier molecular flexibility index (Phi) is 2.37. The van der Waals surface area contributed by atoms with Crippen LogP contribution in [0.5, 0.6) is 0 Å². The molecule has 2 nitrogen and oxygen atoms in total. The zero-order valence-corrected chi connectivity index (χ0v) is 7.87. The van der Waals surface area contributed by atoms with Crippen molar-refractivity contribution in [1.82, 2.24) is 4.90 Å². The molecule has 2 rings (SSSR count). The summed E-state index contributed by atoms with van der Waals surface area (Å²) in [5.74, 6) is 1.48. The Morgan fingerprint density at radius 1 is 1.33 bits per heavy atom. The first-order chi connectivity index (χ1) is 5.75. The fourth-order valence-electron chi connectivity index (χ4n) is 2.05. The molecule has 70 valence electrons. The van der Waals surface area contributed by atoms with Gasteiger partial charge in [-0.25, -0.2) is 0 Å². The van der Waals surface area contributed by atoms with Gasteiger partial charge in [-0.2, -0.15) is 0 Å². The van der Waals surface area contributed by atoms with Gasteiger partial charge < -0.3 is 10.0 Å². The molecule has 0 bridgehead atoms. The summed E-state index contributed by atoms with van der Waals surface area (Å²) < 4.78 is 0. The summed E-state index contributed by atoms with van der Waals surface area (Å²) >= 11 is 0. The molecule has 0 radical (unpaired) electrons. The van der Waals surface area contributed by atoms with Crippen molar-refractivity contribution in [2.45, 2.75) is 32.3 Å². The van der Waals surface area contributed by atoms with Crippen molar-refractivity contribution >= 4 is 0 Å². The fourth-order valence-corrected chi connectivity index (χ4v) is 2.05. The third-order valence-electron chi connectivity index (χ3n) is 3.16. The van der Waals surface area contributed by atoms with E-state index in [-0.39, 0.29) is 6.10 Å². The molecule has 1 heterocycles. The Morgan fingerprint density at radius 2 is 2.08 bits per heavy atom. The lowest BCUT2D eigenvalue weighted by Gasteiger charge is -2.34. The molecule has 0 unspecified atom stereocenters. The van der Waals surface area contributed by atoms with Crippen molar-refractivity contribution in [3.05, 3.63) is 0 Å². The summed E-state index contributed by atoms with van der Waals surface area (Å²) in [6.45, 7) is 5.67. The van der Waals surface area contributed by atoms with E-state index >= 15 is 0 Å². The van der Waals surface area contributed by atoms with E-state index in [4.69, 9.17) is 0 Å². The monoisotopic (exact) mass is 169 g/mol. The number of aliphatic hydroxyl groups excluding tert-OH is 1. The van der Waals surface area contributed by atoms with Crippen LogP contribution in [0.1, 0.15) is 26.2 Å². The third-order valence-corrected chi connectivity index (χ3v) is 3.16. The van der Waals surface area contributed by atoms with Gasteiger partial charge in [-0.05, 0) is 31.1 Å². The molecule has 1 saturated carbocycles. The number of rotatable bonds is 2. The average molecular weight is 169 g/mol. The summed E-state index contributed by atoms with van der Waals surface area (Å²) in [5, 5.41) is 9.52. The van der Waals surface area contributed by atoms with Crippen molar-refractivity contribution in [3.63, 3.8) is 0 Å². The minimum absolute atomic E-state index is 0.0412. The molecule has 0 spiro atoms. The van der Waals surface area contributed by atoms with Crippen molar-refractivity contribution in [1.29, 1.82) is 0 Å². The molecule has 0 aromatic rings. The predicted octanol–water partition coefficient (Wildman–Crippen LogP) is 1.10. The molecule has 2 atom stereocenters. The Hall–Kier alpha value is -0.0800. The van der Waals surface area contributed by atoms with Crippen LogP contribution in [0.3, 0.4) is 0 Å². The van der Waals surface area contributed by atoms with E-state index in [1.165, 1.54) is 19.4 Å². The predicted molar refractivity (Wildman–Crippen MR) is 49.0 cm³/mol. The van der Waals surface area contributed by atoms with Gasteiger partial charge >= 0.3 is 0 Å². The second kappa shape index (κ2) is 3.35. The van der Waals surface area contributed by atoms with E-state index in [1.807, 2.05) is 0 Å². The summed E-state index contributed by atoms with van der Waals surface area (Å²) in [6.07, 6.45) is 3.81. The number of likely N-dealkylation sites (tertiary alicyclic amines) is 1. The average Bonchev–Trinajstić information content (AvgIpc) is 2.81. The van der Waals surface area contributed by atoms with E-state index in [9.17, 15) is 5.11 Å². The Bertz CT molecular complexity index is 156. The minimum atomic E-state index is -0.0412. The summed E-state index contributed by atoms with van der Waals surface area (Å²) in [7, 11) is 0. The normalized spacial score (nSPS) is 38.5. The van der Waals surface area contributed by atoms with Gasteiger partial charge in [0.15, 0.2) is 0 Å². The molecule has 2 aliphatic rings. The van der Waals surface area contributed by atoms with Crippen LogP contribution in [-0.2, 0) is 0 Å². The highest BCUT2D eigenvalue weighted by atomic mass is 16.3. The molecule has 0 amide bonds. The molecule has 0 aromatic heterocycles. The van der Waals surface area contributed by atoms with Gasteiger partial charge in [0.2, 0.25) is 0 Å². The molecule has 2 fully saturated rings. The lowest BCUT2D eigenvalue weighted by atomic mass is 9.96. The van der Waals surface area contributed by atoms with Gasteiger partial charge in [-0.1, -0.05) is 6.92 Å². The zero-order chi connectivity index (χ0) is 8.55. The quantitative estimate of drug-likeness (QED) is 0.669. The standard InChI is InChI=1S/C10H19NO/c1-8-6-11(5-4-10(8)12)7-9-2-3-9/h8-10,12H,2-7H2,1H3/t8-,10-/m1/s1. The summed E-state index contributed by atoms with van der Waals surface area (Å²) in [4.78, 5) is 2.52. The highest BCUT2D eigenvalue weighted by molar-refractivity contribution is 4.82. The molecular weight excluding hydrogens is 150 g/mol. The van der Waals surface area contributed by atoms with Crippen molar-refractivity contribution < 1.29 is 5.11 Å². The van der Waals surface area contributed by atoms with Crippen LogP contribution in [0.4, 0.5) is 0 Å². The lowest BCUT2D eigenvalue weighted by Crippen LogP contribution is -2.42. The molecule has 1 aliphatic heterocycles. The summed E-state index contributed by atoms with van der Waals surface area (Å²) in [6, 6.07) is 0. The molecule has 2 heteroatoms. The van der Waals surface area contributed by atoms with Crippen molar-refractivity contribution in [3.8, 4) is 0 Å². The van der Waals surface area contributed by atoms with E-state index in [0.717, 1.165) is 25.4 Å². The first kappa shape index (κ1) is 8.52. The van der Waals surface area contributed by atoms with Crippen molar-refractivity contribution in [2.24, 2.45) is 11.8 Å². The molecule has 0 aromatic carbocycles. The fraction of sp³-hybridized carbons (Fsp3) is 1.00. The number of piperidine rings is 1. The number of hydrogen-bond acceptors (Lipinski definition) is 2. The largest absolute Gasteiger partial charge is 0.393 e. The minimum Gasteiger partial charge on any atom is -0.393 e. The second-order valence-electron chi connectivity index (χ2n) is 4.54. The zero-order valence-electron chi connectivity index (χ0n) is 7.87. The molecular formula is C10H19NO. The maximum absolute atomic E-state index is 9.52. The van der Waals surface area contributed by atoms with E-state index in [1.54, 1.807) is 0 Å². The van der Waals surface area contributed by atoms with Crippen LogP contribution in [0.15, 0.2) is 0 Å². The molecule has 1 aliphatic carbocycles. The van der Waals surface area contributed by atoms with Crippen LogP contribution >= 0.6 is 0 Å². The van der Waals surface area contributed by atoms with Gasteiger partial charge in [0, 0.05) is 19.6 Å². The number of nitrogens with zero attached hydrogens (tertiary/aromatic N) is 1. The maximum atomic E-state index is 9.52. The smallest absolute Gasteiger partial charge is 0.0590 e. The van der Waals surface area contributed by atoms with E-state index < -0.39 is 0 Å². The first-order valence-corrected chi connectivity index (χ1v) is 5.16. The first-order valence-electron chi connectivity index (χ1n) is 5.16. The van der Waals surface area contributed by atoms with Crippen LogP contribution in [-0.4, -0.2) is 35.7 Å². The molecule has 1 saturated heterocycles. The second-order valence-corrected chi connectivity index (χ2v) is 4.54. The topological polar surface area (TPSA) is 23.5 Å². The Morgan fingerprint density at radius 3 is 2.67 bits per heavy atom.